The Hall–Kier alpha value is -3.00. The van der Waals surface area contributed by atoms with E-state index in [0.29, 0.717) is 5.92 Å². The Morgan fingerprint density at radius 2 is 1.59 bits per heavy atom. The number of anilines is 3. The molecular formula is C28H40N4. The molecule has 0 spiro atoms. The number of benzene rings is 2. The molecule has 1 fully saturated rings. The van der Waals surface area contributed by atoms with Gasteiger partial charge in [0.05, 0.1) is 0 Å². The van der Waals surface area contributed by atoms with Crippen molar-refractivity contribution < 1.29 is 0 Å². The molecule has 0 saturated carbocycles. The minimum Gasteiger partial charge on any atom is -0.385 e. The van der Waals surface area contributed by atoms with Crippen LogP contribution < -0.4 is 15.5 Å². The maximum Gasteiger partial charge on any atom is 0.0460 e. The van der Waals surface area contributed by atoms with Crippen LogP contribution in [0.1, 0.15) is 20.8 Å². The van der Waals surface area contributed by atoms with E-state index >= 15 is 0 Å². The lowest BCUT2D eigenvalue weighted by atomic mass is 10.2. The van der Waals surface area contributed by atoms with Crippen molar-refractivity contribution in [1.29, 1.82) is 0 Å². The summed E-state index contributed by atoms with van der Waals surface area (Å²) in [6.07, 6.45) is 4.92. The Kier molecular flexibility index (Phi) is 13.3. The number of nitrogens with zero attached hydrogens (tertiary/aromatic N) is 2. The zero-order valence-electron chi connectivity index (χ0n) is 20.1. The molecule has 2 aromatic carbocycles. The van der Waals surface area contributed by atoms with Crippen LogP contribution in [-0.4, -0.2) is 44.2 Å². The summed E-state index contributed by atoms with van der Waals surface area (Å²) in [5.41, 5.74) is 4.54. The minimum absolute atomic E-state index is 0.412. The van der Waals surface area contributed by atoms with Crippen LogP contribution in [0, 0.1) is 18.3 Å². The largest absolute Gasteiger partial charge is 0.385 e. The lowest BCUT2D eigenvalue weighted by molar-refractivity contribution is 0.259. The third kappa shape index (κ3) is 9.43. The fourth-order valence-electron chi connectivity index (χ4n) is 3.22. The normalized spacial score (nSPS) is 13.0. The van der Waals surface area contributed by atoms with Gasteiger partial charge < -0.3 is 15.5 Å². The zero-order valence-corrected chi connectivity index (χ0v) is 20.1. The monoisotopic (exact) mass is 432 g/mol. The highest BCUT2D eigenvalue weighted by Crippen LogP contribution is 2.30. The Morgan fingerprint density at radius 1 is 1.06 bits per heavy atom. The molecule has 4 nitrogen and oxygen atoms in total. The van der Waals surface area contributed by atoms with E-state index in [0.717, 1.165) is 62.0 Å². The van der Waals surface area contributed by atoms with Crippen LogP contribution in [-0.2, 0) is 0 Å². The standard InChI is InChI=1S/C21H28N4.C5H8.C2H4/c1-3-23-19-9-11-21(12-10-19)25(20-7-5-4-6-8-20)18(2)17-24-15-13-22-14-16-24;1-4-5(2)3;1-2/h4-12,22-23H,2-3,13-17H2,1H3;1,5H,2-3H3;1-2H2. The number of hydrogen-bond donors (Lipinski definition) is 2. The molecule has 0 radical (unpaired) electrons. The first-order chi connectivity index (χ1) is 15.5. The van der Waals surface area contributed by atoms with Crippen LogP contribution in [0.15, 0.2) is 80.0 Å². The first kappa shape index (κ1) is 27.0. The SMILES string of the molecule is C#CC(C)C.C=C.C=C(CN1CCNCC1)N(c1ccccc1)c1ccc(NCC)cc1. The van der Waals surface area contributed by atoms with E-state index in [4.69, 9.17) is 6.42 Å². The third-order valence-electron chi connectivity index (χ3n) is 4.79. The van der Waals surface area contributed by atoms with E-state index in [-0.39, 0.29) is 0 Å². The van der Waals surface area contributed by atoms with Crippen molar-refractivity contribution in [1.82, 2.24) is 10.2 Å². The fraction of sp³-hybridized carbons (Fsp3) is 0.357. The smallest absolute Gasteiger partial charge is 0.0460 e. The van der Waals surface area contributed by atoms with Gasteiger partial charge in [0.15, 0.2) is 0 Å². The van der Waals surface area contributed by atoms with Crippen molar-refractivity contribution in [3.8, 4) is 12.3 Å². The molecule has 0 amide bonds. The molecule has 1 aliphatic rings. The van der Waals surface area contributed by atoms with Crippen molar-refractivity contribution in [2.45, 2.75) is 20.8 Å². The highest BCUT2D eigenvalue weighted by molar-refractivity contribution is 5.69. The Balaban J connectivity index is 0.000000646. The van der Waals surface area contributed by atoms with Crippen molar-refractivity contribution in [2.24, 2.45) is 5.92 Å². The van der Waals surface area contributed by atoms with E-state index in [1.807, 2.05) is 13.8 Å². The maximum absolute atomic E-state index is 4.92. The van der Waals surface area contributed by atoms with Gasteiger partial charge in [0.25, 0.3) is 0 Å². The van der Waals surface area contributed by atoms with Gasteiger partial charge in [-0.1, -0.05) is 38.6 Å². The van der Waals surface area contributed by atoms with Gasteiger partial charge in [-0.05, 0) is 43.3 Å². The van der Waals surface area contributed by atoms with Gasteiger partial charge in [0.2, 0.25) is 0 Å². The number of nitrogens with one attached hydrogen (secondary N) is 2. The zero-order chi connectivity index (χ0) is 23.8. The number of para-hydroxylation sites is 1. The number of rotatable bonds is 7. The topological polar surface area (TPSA) is 30.5 Å². The highest BCUT2D eigenvalue weighted by atomic mass is 15.2. The first-order valence-corrected chi connectivity index (χ1v) is 11.3. The summed E-state index contributed by atoms with van der Waals surface area (Å²) in [6, 6.07) is 19.1. The van der Waals surface area contributed by atoms with Gasteiger partial charge in [0, 0.05) is 67.9 Å². The summed E-state index contributed by atoms with van der Waals surface area (Å²) in [4.78, 5) is 4.72. The molecule has 1 saturated heterocycles. The lowest BCUT2D eigenvalue weighted by Gasteiger charge is -2.33. The van der Waals surface area contributed by atoms with Crippen molar-refractivity contribution in [3.63, 3.8) is 0 Å². The third-order valence-corrected chi connectivity index (χ3v) is 4.79. The molecule has 1 aliphatic heterocycles. The minimum atomic E-state index is 0.412. The quantitative estimate of drug-likeness (QED) is 0.431. The number of terminal acetylenes is 1. The van der Waals surface area contributed by atoms with Gasteiger partial charge in [-0.15, -0.1) is 25.5 Å². The van der Waals surface area contributed by atoms with E-state index in [9.17, 15) is 0 Å². The van der Waals surface area contributed by atoms with E-state index in [2.05, 4.69) is 108 Å². The van der Waals surface area contributed by atoms with Crippen LogP contribution in [0.25, 0.3) is 0 Å². The van der Waals surface area contributed by atoms with Gasteiger partial charge in [0.1, 0.15) is 0 Å². The maximum atomic E-state index is 4.92. The fourth-order valence-corrected chi connectivity index (χ4v) is 3.22. The number of piperazine rings is 1. The molecule has 0 aliphatic carbocycles. The Labute approximate surface area is 196 Å². The molecule has 0 unspecified atom stereocenters. The van der Waals surface area contributed by atoms with E-state index < -0.39 is 0 Å². The second-order valence-electron chi connectivity index (χ2n) is 7.66. The summed E-state index contributed by atoms with van der Waals surface area (Å²) >= 11 is 0. The molecule has 4 heteroatoms. The molecule has 0 atom stereocenters. The number of hydrogen-bond acceptors (Lipinski definition) is 4. The van der Waals surface area contributed by atoms with Gasteiger partial charge >= 0.3 is 0 Å². The lowest BCUT2D eigenvalue weighted by Crippen LogP contribution is -2.45. The van der Waals surface area contributed by atoms with E-state index in [1.165, 1.54) is 0 Å². The van der Waals surface area contributed by atoms with Crippen LogP contribution in [0.4, 0.5) is 17.1 Å². The molecule has 1 heterocycles. The van der Waals surface area contributed by atoms with Crippen LogP contribution in [0.3, 0.4) is 0 Å². The molecule has 2 N–H and O–H groups in total. The van der Waals surface area contributed by atoms with Crippen LogP contribution >= 0.6 is 0 Å². The van der Waals surface area contributed by atoms with E-state index in [1.54, 1.807) is 0 Å². The molecule has 32 heavy (non-hydrogen) atoms. The summed E-state index contributed by atoms with van der Waals surface area (Å²) in [6.45, 7) is 22.5. The van der Waals surface area contributed by atoms with Crippen molar-refractivity contribution in [3.05, 3.63) is 80.0 Å². The molecular weight excluding hydrogens is 392 g/mol. The van der Waals surface area contributed by atoms with Gasteiger partial charge in [-0.25, -0.2) is 0 Å². The van der Waals surface area contributed by atoms with Crippen LogP contribution in [0.5, 0.6) is 0 Å². The first-order valence-electron chi connectivity index (χ1n) is 11.3. The summed E-state index contributed by atoms with van der Waals surface area (Å²) < 4.78 is 0. The Morgan fingerprint density at radius 3 is 2.09 bits per heavy atom. The molecule has 3 rings (SSSR count). The van der Waals surface area contributed by atoms with Gasteiger partial charge in [-0.3, -0.25) is 4.90 Å². The average Bonchev–Trinajstić information content (AvgIpc) is 2.83. The van der Waals surface area contributed by atoms with Crippen molar-refractivity contribution in [2.75, 3.05) is 49.5 Å². The Bertz CT molecular complexity index is 800. The average molecular weight is 433 g/mol. The molecule has 2 aromatic rings. The molecule has 0 aromatic heterocycles. The molecule has 172 valence electrons. The second kappa shape index (κ2) is 15.8. The van der Waals surface area contributed by atoms with Crippen LogP contribution in [0.2, 0.25) is 0 Å². The summed E-state index contributed by atoms with van der Waals surface area (Å²) in [5, 5.41) is 6.76. The van der Waals surface area contributed by atoms with Crippen molar-refractivity contribution >= 4 is 17.1 Å². The second-order valence-corrected chi connectivity index (χ2v) is 7.66. The highest BCUT2D eigenvalue weighted by Gasteiger charge is 2.17. The predicted octanol–water partition coefficient (Wildman–Crippen LogP) is 5.75. The molecule has 0 bridgehead atoms. The summed E-state index contributed by atoms with van der Waals surface area (Å²) in [7, 11) is 0. The predicted molar refractivity (Wildman–Crippen MR) is 143 cm³/mol. The summed E-state index contributed by atoms with van der Waals surface area (Å²) in [5.74, 6) is 2.94. The van der Waals surface area contributed by atoms with Gasteiger partial charge in [-0.2, -0.15) is 0 Å².